The summed E-state index contributed by atoms with van der Waals surface area (Å²) < 4.78 is 14.2. The molecule has 0 heterocycles. The molecule has 1 aromatic rings. The van der Waals surface area contributed by atoms with E-state index in [1.165, 1.54) is 6.07 Å². The third-order valence-electron chi connectivity index (χ3n) is 3.17. The zero-order chi connectivity index (χ0) is 14.3. The number of halogens is 1. The van der Waals surface area contributed by atoms with Crippen LogP contribution in [0.25, 0.3) is 0 Å². The molecule has 0 aliphatic carbocycles. The second-order valence-corrected chi connectivity index (χ2v) is 4.57. The molecule has 1 unspecified atom stereocenters. The number of nitrogens with zero attached hydrogens (tertiary/aromatic N) is 1. The molecule has 1 rings (SSSR count). The van der Waals surface area contributed by atoms with Crippen molar-refractivity contribution in [2.24, 2.45) is 0 Å². The predicted octanol–water partition coefficient (Wildman–Crippen LogP) is 3.35. The Labute approximate surface area is 116 Å². The van der Waals surface area contributed by atoms with Gasteiger partial charge in [0.15, 0.2) is 0 Å². The summed E-state index contributed by atoms with van der Waals surface area (Å²) in [6.07, 6.45) is 6.42. The lowest BCUT2D eigenvalue weighted by Gasteiger charge is -2.27. The molecule has 1 atom stereocenters. The number of hydrogen-bond donors (Lipinski definition) is 1. The molecule has 0 spiro atoms. The lowest BCUT2D eigenvalue weighted by molar-refractivity contribution is 0.560. The minimum absolute atomic E-state index is 0.109. The van der Waals surface area contributed by atoms with E-state index < -0.39 is 0 Å². The van der Waals surface area contributed by atoms with Gasteiger partial charge in [-0.05, 0) is 38.4 Å². The highest BCUT2D eigenvalue weighted by Gasteiger charge is 2.17. The van der Waals surface area contributed by atoms with Gasteiger partial charge in [0, 0.05) is 12.6 Å². The van der Waals surface area contributed by atoms with Crippen LogP contribution in [-0.4, -0.2) is 19.6 Å². The molecule has 0 amide bonds. The maximum atomic E-state index is 14.2. The molecular weight excluding hydrogens is 239 g/mol. The molecule has 3 heteroatoms. The Kier molecular flexibility index (Phi) is 6.38. The summed E-state index contributed by atoms with van der Waals surface area (Å²) in [5.74, 6) is 2.38. The fraction of sp³-hybridized carbons (Fsp3) is 0.500. The Bertz CT molecular complexity index is 437. The average molecular weight is 262 g/mol. The Hall–Kier alpha value is -1.53. The topological polar surface area (TPSA) is 15.3 Å². The molecule has 0 bridgehead atoms. The van der Waals surface area contributed by atoms with Gasteiger partial charge in [0.2, 0.25) is 0 Å². The van der Waals surface area contributed by atoms with Crippen LogP contribution in [0.3, 0.4) is 0 Å². The van der Waals surface area contributed by atoms with Gasteiger partial charge in [-0.15, -0.1) is 6.42 Å². The Morgan fingerprint density at radius 2 is 2.16 bits per heavy atom. The highest BCUT2D eigenvalue weighted by molar-refractivity contribution is 5.56. The van der Waals surface area contributed by atoms with E-state index in [1.807, 2.05) is 17.9 Å². The highest BCUT2D eigenvalue weighted by Crippen LogP contribution is 2.29. The van der Waals surface area contributed by atoms with Gasteiger partial charge < -0.3 is 10.2 Å². The molecule has 0 radical (unpaired) electrons. The van der Waals surface area contributed by atoms with Gasteiger partial charge in [-0.1, -0.05) is 25.0 Å². The quantitative estimate of drug-likeness (QED) is 0.758. The maximum Gasteiger partial charge on any atom is 0.146 e. The zero-order valence-electron chi connectivity index (χ0n) is 12.0. The molecule has 0 saturated heterocycles. The van der Waals surface area contributed by atoms with Gasteiger partial charge in [0.1, 0.15) is 5.82 Å². The molecule has 0 saturated carbocycles. The highest BCUT2D eigenvalue weighted by atomic mass is 19.1. The minimum atomic E-state index is -0.209. The van der Waals surface area contributed by atoms with Gasteiger partial charge in [-0.3, -0.25) is 0 Å². The van der Waals surface area contributed by atoms with Crippen LogP contribution in [0, 0.1) is 18.2 Å². The van der Waals surface area contributed by atoms with Crippen molar-refractivity contribution in [2.45, 2.75) is 33.2 Å². The number of para-hydroxylation sites is 1. The summed E-state index contributed by atoms with van der Waals surface area (Å²) in [5, 5.41) is 3.39. The second kappa shape index (κ2) is 7.81. The normalized spacial score (nSPS) is 11.9. The number of anilines is 1. The average Bonchev–Trinajstić information content (AvgIpc) is 2.42. The monoisotopic (exact) mass is 262 g/mol. The first kappa shape index (κ1) is 15.5. The van der Waals surface area contributed by atoms with Gasteiger partial charge in [0.05, 0.1) is 12.2 Å². The standard InChI is InChI=1S/C16H23FN2/c1-5-11-18-13(4)14-9-8-10-15(17)16(14)19(7-3)12-6-2/h2,8-10,13,18H,5,7,11-12H2,1,3-4H3. The third kappa shape index (κ3) is 3.97. The molecule has 19 heavy (non-hydrogen) atoms. The summed E-state index contributed by atoms with van der Waals surface area (Å²) in [6, 6.07) is 5.31. The van der Waals surface area contributed by atoms with Crippen molar-refractivity contribution in [2.75, 3.05) is 24.5 Å². The SMILES string of the molecule is C#CCN(CC)c1c(F)cccc1C(C)NCCC. The number of benzene rings is 1. The fourth-order valence-electron chi connectivity index (χ4n) is 2.15. The van der Waals surface area contributed by atoms with Crippen molar-refractivity contribution in [3.63, 3.8) is 0 Å². The molecule has 1 aromatic carbocycles. The van der Waals surface area contributed by atoms with Crippen molar-refractivity contribution >= 4 is 5.69 Å². The Balaban J connectivity index is 3.10. The first-order chi connectivity index (χ1) is 9.15. The van der Waals surface area contributed by atoms with E-state index in [0.717, 1.165) is 18.5 Å². The van der Waals surface area contributed by atoms with Crippen LogP contribution >= 0.6 is 0 Å². The molecule has 104 valence electrons. The van der Waals surface area contributed by atoms with Crippen molar-refractivity contribution < 1.29 is 4.39 Å². The minimum Gasteiger partial charge on any atom is -0.358 e. The lowest BCUT2D eigenvalue weighted by Crippen LogP contribution is -2.28. The zero-order valence-corrected chi connectivity index (χ0v) is 12.0. The van der Waals surface area contributed by atoms with Gasteiger partial charge in [-0.2, -0.15) is 0 Å². The first-order valence-corrected chi connectivity index (χ1v) is 6.85. The van der Waals surface area contributed by atoms with E-state index >= 15 is 0 Å². The number of hydrogen-bond acceptors (Lipinski definition) is 2. The molecule has 1 N–H and O–H groups in total. The first-order valence-electron chi connectivity index (χ1n) is 6.85. The molecule has 0 fully saturated rings. The van der Waals surface area contributed by atoms with Gasteiger partial charge in [0.25, 0.3) is 0 Å². The summed E-state index contributed by atoms with van der Waals surface area (Å²) in [4.78, 5) is 1.90. The van der Waals surface area contributed by atoms with Crippen LogP contribution in [0.15, 0.2) is 18.2 Å². The van der Waals surface area contributed by atoms with Crippen molar-refractivity contribution in [1.29, 1.82) is 0 Å². The fourth-order valence-corrected chi connectivity index (χ4v) is 2.15. The summed E-state index contributed by atoms with van der Waals surface area (Å²) in [6.45, 7) is 8.18. The van der Waals surface area contributed by atoms with Gasteiger partial charge >= 0.3 is 0 Å². The number of rotatable bonds is 7. The smallest absolute Gasteiger partial charge is 0.146 e. The van der Waals surface area contributed by atoms with E-state index in [-0.39, 0.29) is 11.9 Å². The number of terminal acetylenes is 1. The van der Waals surface area contributed by atoms with Crippen molar-refractivity contribution in [3.05, 3.63) is 29.6 Å². The summed E-state index contributed by atoms with van der Waals surface area (Å²) in [5.41, 5.74) is 1.59. The maximum absolute atomic E-state index is 14.2. The van der Waals surface area contributed by atoms with Crippen LogP contribution in [0.2, 0.25) is 0 Å². The van der Waals surface area contributed by atoms with Crippen LogP contribution in [0.1, 0.15) is 38.8 Å². The van der Waals surface area contributed by atoms with E-state index in [1.54, 1.807) is 6.07 Å². The van der Waals surface area contributed by atoms with Crippen molar-refractivity contribution in [1.82, 2.24) is 5.32 Å². The molecule has 0 aliphatic rings. The van der Waals surface area contributed by atoms with Crippen LogP contribution in [-0.2, 0) is 0 Å². The molecule has 2 nitrogen and oxygen atoms in total. The molecule has 0 aromatic heterocycles. The van der Waals surface area contributed by atoms with E-state index in [0.29, 0.717) is 18.8 Å². The van der Waals surface area contributed by atoms with Crippen molar-refractivity contribution in [3.8, 4) is 12.3 Å². The van der Waals surface area contributed by atoms with E-state index in [2.05, 4.69) is 25.1 Å². The van der Waals surface area contributed by atoms with Crippen LogP contribution in [0.4, 0.5) is 10.1 Å². The Morgan fingerprint density at radius 3 is 2.74 bits per heavy atom. The molecular formula is C16H23FN2. The van der Waals surface area contributed by atoms with Gasteiger partial charge in [-0.25, -0.2) is 4.39 Å². The summed E-state index contributed by atoms with van der Waals surface area (Å²) >= 11 is 0. The summed E-state index contributed by atoms with van der Waals surface area (Å²) in [7, 11) is 0. The van der Waals surface area contributed by atoms with E-state index in [4.69, 9.17) is 6.42 Å². The van der Waals surface area contributed by atoms with Crippen LogP contribution < -0.4 is 10.2 Å². The number of nitrogens with one attached hydrogen (secondary N) is 1. The third-order valence-corrected chi connectivity index (χ3v) is 3.17. The van der Waals surface area contributed by atoms with Crippen LogP contribution in [0.5, 0.6) is 0 Å². The Morgan fingerprint density at radius 1 is 1.42 bits per heavy atom. The largest absolute Gasteiger partial charge is 0.358 e. The predicted molar refractivity (Wildman–Crippen MR) is 79.8 cm³/mol. The second-order valence-electron chi connectivity index (χ2n) is 4.57. The lowest BCUT2D eigenvalue weighted by atomic mass is 10.0. The molecule has 0 aliphatic heterocycles. The van der Waals surface area contributed by atoms with E-state index in [9.17, 15) is 4.39 Å².